The van der Waals surface area contributed by atoms with Gasteiger partial charge in [0.25, 0.3) is 5.91 Å². The number of anilines is 1. The van der Waals surface area contributed by atoms with Crippen LogP contribution in [0.1, 0.15) is 52.8 Å². The van der Waals surface area contributed by atoms with Gasteiger partial charge in [-0.05, 0) is 44.9 Å². The van der Waals surface area contributed by atoms with Crippen LogP contribution in [0.5, 0.6) is 5.75 Å². The van der Waals surface area contributed by atoms with E-state index >= 15 is 0 Å². The molecule has 1 N–H and O–H groups in total. The first-order chi connectivity index (χ1) is 14.8. The topological polar surface area (TPSA) is 121 Å². The van der Waals surface area contributed by atoms with Crippen LogP contribution in [-0.2, 0) is 25.5 Å². The predicted molar refractivity (Wildman–Crippen MR) is 110 cm³/mol. The maximum atomic E-state index is 12.2. The smallest absolute Gasteiger partial charge is 0.344 e. The molecule has 1 amide bonds. The zero-order valence-electron chi connectivity index (χ0n) is 17.9. The van der Waals surface area contributed by atoms with Gasteiger partial charge in [0.15, 0.2) is 19.0 Å². The van der Waals surface area contributed by atoms with E-state index in [4.69, 9.17) is 18.6 Å². The number of ketones is 1. The van der Waals surface area contributed by atoms with Crippen molar-refractivity contribution in [1.82, 2.24) is 0 Å². The van der Waals surface area contributed by atoms with Gasteiger partial charge in [-0.3, -0.25) is 14.9 Å². The molecular weight excluding hydrogens is 406 g/mol. The van der Waals surface area contributed by atoms with E-state index in [2.05, 4.69) is 5.32 Å². The highest BCUT2D eigenvalue weighted by Crippen LogP contribution is 2.28. The number of ether oxygens (including phenoxy) is 3. The first-order valence-electron chi connectivity index (χ1n) is 9.75. The van der Waals surface area contributed by atoms with Crippen molar-refractivity contribution in [2.75, 3.05) is 25.1 Å². The number of benzene rings is 1. The van der Waals surface area contributed by atoms with Crippen LogP contribution in [0.25, 0.3) is 0 Å². The Morgan fingerprint density at radius 1 is 0.968 bits per heavy atom. The molecule has 0 aliphatic heterocycles. The molecule has 31 heavy (non-hydrogen) atoms. The summed E-state index contributed by atoms with van der Waals surface area (Å²) in [6, 6.07) is 7.24. The van der Waals surface area contributed by atoms with Crippen molar-refractivity contribution in [1.29, 1.82) is 0 Å². The molecule has 0 spiro atoms. The van der Waals surface area contributed by atoms with Crippen LogP contribution in [0, 0.1) is 6.92 Å². The monoisotopic (exact) mass is 431 g/mol. The second-order valence-corrected chi connectivity index (χ2v) is 6.51. The number of amides is 1. The van der Waals surface area contributed by atoms with E-state index in [1.165, 1.54) is 13.8 Å². The zero-order chi connectivity index (χ0) is 23.0. The SMILES string of the molecule is CCOC(=O)c1c(NC(=O)COC(=O)COc2ccc(CC)cc2)oc(C)c1C(C)=O. The molecule has 0 aliphatic rings. The number of esters is 2. The van der Waals surface area contributed by atoms with Gasteiger partial charge in [-0.2, -0.15) is 0 Å². The summed E-state index contributed by atoms with van der Waals surface area (Å²) >= 11 is 0. The lowest BCUT2D eigenvalue weighted by atomic mass is 10.1. The summed E-state index contributed by atoms with van der Waals surface area (Å²) in [5, 5.41) is 2.33. The number of Topliss-reactive ketones (excluding diaryl/α,β-unsaturated/α-hetero) is 1. The summed E-state index contributed by atoms with van der Waals surface area (Å²) in [5.74, 6) is -2.31. The van der Waals surface area contributed by atoms with Crippen LogP contribution < -0.4 is 10.1 Å². The first kappa shape index (κ1) is 23.7. The zero-order valence-corrected chi connectivity index (χ0v) is 17.9. The van der Waals surface area contributed by atoms with Crippen LogP contribution in [-0.4, -0.2) is 43.4 Å². The third-order valence-electron chi connectivity index (χ3n) is 4.22. The van der Waals surface area contributed by atoms with Crippen molar-refractivity contribution in [2.24, 2.45) is 0 Å². The Morgan fingerprint density at radius 2 is 1.65 bits per heavy atom. The van der Waals surface area contributed by atoms with E-state index in [1.807, 2.05) is 19.1 Å². The average Bonchev–Trinajstić information content (AvgIpc) is 3.07. The van der Waals surface area contributed by atoms with Gasteiger partial charge in [-0.15, -0.1) is 0 Å². The van der Waals surface area contributed by atoms with Gasteiger partial charge >= 0.3 is 11.9 Å². The Hall–Kier alpha value is -3.62. The van der Waals surface area contributed by atoms with Crippen LogP contribution in [0.2, 0.25) is 0 Å². The lowest BCUT2D eigenvalue weighted by Gasteiger charge is -2.08. The summed E-state index contributed by atoms with van der Waals surface area (Å²) in [6.07, 6.45) is 0.887. The van der Waals surface area contributed by atoms with Crippen molar-refractivity contribution in [3.05, 3.63) is 46.7 Å². The molecule has 9 nitrogen and oxygen atoms in total. The number of carbonyl (C=O) groups is 4. The molecule has 1 aromatic carbocycles. The van der Waals surface area contributed by atoms with Gasteiger partial charge < -0.3 is 18.6 Å². The lowest BCUT2D eigenvalue weighted by Crippen LogP contribution is -2.24. The molecule has 0 bridgehead atoms. The van der Waals surface area contributed by atoms with Gasteiger partial charge in [-0.1, -0.05) is 19.1 Å². The largest absolute Gasteiger partial charge is 0.482 e. The molecule has 9 heteroatoms. The van der Waals surface area contributed by atoms with Crippen molar-refractivity contribution < 1.29 is 37.8 Å². The minimum absolute atomic E-state index is 0.0215. The molecule has 1 heterocycles. The first-order valence-corrected chi connectivity index (χ1v) is 9.75. The third-order valence-corrected chi connectivity index (χ3v) is 4.22. The minimum atomic E-state index is -0.806. The molecule has 0 radical (unpaired) electrons. The number of hydrogen-bond donors (Lipinski definition) is 1. The van der Waals surface area contributed by atoms with Crippen molar-refractivity contribution in [3.63, 3.8) is 0 Å². The Balaban J connectivity index is 1.94. The summed E-state index contributed by atoms with van der Waals surface area (Å²) in [6.45, 7) is 5.46. The van der Waals surface area contributed by atoms with E-state index in [0.29, 0.717) is 5.75 Å². The fraction of sp³-hybridized carbons (Fsp3) is 0.364. The molecule has 0 fully saturated rings. The Kier molecular flexibility index (Phi) is 8.36. The van der Waals surface area contributed by atoms with E-state index in [0.717, 1.165) is 12.0 Å². The molecule has 0 unspecified atom stereocenters. The summed E-state index contributed by atoms with van der Waals surface area (Å²) in [4.78, 5) is 48.1. The van der Waals surface area contributed by atoms with Gasteiger partial charge in [0.1, 0.15) is 17.1 Å². The molecular formula is C22H25NO8. The van der Waals surface area contributed by atoms with E-state index in [1.54, 1.807) is 19.1 Å². The molecule has 166 valence electrons. The van der Waals surface area contributed by atoms with E-state index in [9.17, 15) is 19.2 Å². The lowest BCUT2D eigenvalue weighted by molar-refractivity contribution is -0.149. The number of hydrogen-bond acceptors (Lipinski definition) is 8. The predicted octanol–water partition coefficient (Wildman–Crippen LogP) is 3.09. The molecule has 0 saturated carbocycles. The van der Waals surface area contributed by atoms with Crippen molar-refractivity contribution >= 4 is 29.5 Å². The second-order valence-electron chi connectivity index (χ2n) is 6.51. The highest BCUT2D eigenvalue weighted by Gasteiger charge is 2.28. The van der Waals surface area contributed by atoms with Crippen LogP contribution >= 0.6 is 0 Å². The molecule has 0 saturated heterocycles. The number of furan rings is 1. The molecule has 2 aromatic rings. The third kappa shape index (κ3) is 6.43. The molecule has 2 rings (SSSR count). The summed E-state index contributed by atoms with van der Waals surface area (Å²) in [5.41, 5.74) is 0.980. The summed E-state index contributed by atoms with van der Waals surface area (Å²) < 4.78 is 20.5. The average molecular weight is 431 g/mol. The van der Waals surface area contributed by atoms with E-state index in [-0.39, 0.29) is 36.0 Å². The van der Waals surface area contributed by atoms with Crippen molar-refractivity contribution in [2.45, 2.75) is 34.1 Å². The van der Waals surface area contributed by atoms with Gasteiger partial charge in [0.05, 0.1) is 12.2 Å². The maximum absolute atomic E-state index is 12.2. The quantitative estimate of drug-likeness (QED) is 0.450. The fourth-order valence-corrected chi connectivity index (χ4v) is 2.77. The molecule has 1 aromatic heterocycles. The van der Waals surface area contributed by atoms with Crippen LogP contribution in [0.4, 0.5) is 5.88 Å². The Morgan fingerprint density at radius 3 is 2.23 bits per heavy atom. The van der Waals surface area contributed by atoms with Gasteiger partial charge in [-0.25, -0.2) is 9.59 Å². The highest BCUT2D eigenvalue weighted by molar-refractivity contribution is 6.10. The van der Waals surface area contributed by atoms with Crippen LogP contribution in [0.15, 0.2) is 28.7 Å². The standard InChI is InChI=1S/C22H25NO8/c1-5-15-7-9-16(10-8-15)29-12-18(26)30-11-17(25)23-21-20(22(27)28-6-2)19(13(3)24)14(4)31-21/h7-10H,5-6,11-12H2,1-4H3,(H,23,25). The Labute approximate surface area is 179 Å². The van der Waals surface area contributed by atoms with Crippen LogP contribution in [0.3, 0.4) is 0 Å². The maximum Gasteiger partial charge on any atom is 0.344 e. The second kappa shape index (κ2) is 11.0. The minimum Gasteiger partial charge on any atom is -0.482 e. The van der Waals surface area contributed by atoms with Gasteiger partial charge in [0.2, 0.25) is 5.88 Å². The number of rotatable bonds is 10. The van der Waals surface area contributed by atoms with Gasteiger partial charge in [0, 0.05) is 0 Å². The normalized spacial score (nSPS) is 10.3. The number of carbonyl (C=O) groups excluding carboxylic acids is 4. The number of aryl methyl sites for hydroxylation is 2. The molecule has 0 atom stereocenters. The summed E-state index contributed by atoms with van der Waals surface area (Å²) in [7, 11) is 0. The van der Waals surface area contributed by atoms with E-state index < -0.39 is 30.2 Å². The molecule has 0 aliphatic carbocycles. The van der Waals surface area contributed by atoms with Crippen molar-refractivity contribution in [3.8, 4) is 5.75 Å². The number of nitrogens with one attached hydrogen (secondary N) is 1. The Bertz CT molecular complexity index is 959. The fourth-order valence-electron chi connectivity index (χ4n) is 2.77. The highest BCUT2D eigenvalue weighted by atomic mass is 16.6.